The highest BCUT2D eigenvalue weighted by Crippen LogP contribution is 2.48. The van der Waals surface area contributed by atoms with Gasteiger partial charge in [0.1, 0.15) is 52.3 Å². The molecule has 7 aromatic carbocycles. The summed E-state index contributed by atoms with van der Waals surface area (Å²) in [5.74, 6) is 4.34. The summed E-state index contributed by atoms with van der Waals surface area (Å²) in [5.41, 5.74) is 25.4. The van der Waals surface area contributed by atoms with Crippen LogP contribution >= 0.6 is 27.5 Å². The van der Waals surface area contributed by atoms with E-state index < -0.39 is 0 Å². The number of aromatic nitrogens is 3. The fourth-order valence-electron chi connectivity index (χ4n) is 14.8. The van der Waals surface area contributed by atoms with Crippen molar-refractivity contribution in [3.63, 3.8) is 0 Å². The summed E-state index contributed by atoms with van der Waals surface area (Å²) in [6.07, 6.45) is 12.5. The summed E-state index contributed by atoms with van der Waals surface area (Å²) < 4.78 is 27.1. The molecule has 16 rings (SSSR count). The minimum Gasteiger partial charge on any atom is -0.462 e. The van der Waals surface area contributed by atoms with Crippen LogP contribution in [0.5, 0.6) is 0 Å². The number of hydrogen-bond donors (Lipinski definition) is 4. The molecule has 1 amide bonds. The van der Waals surface area contributed by atoms with E-state index in [4.69, 9.17) is 45.1 Å². The largest absolute Gasteiger partial charge is 0.462 e. The summed E-state index contributed by atoms with van der Waals surface area (Å²) >= 11 is 9.28. The van der Waals surface area contributed by atoms with E-state index in [1.165, 1.54) is 59.4 Å². The van der Waals surface area contributed by atoms with Crippen molar-refractivity contribution in [2.75, 3.05) is 13.2 Å². The van der Waals surface area contributed by atoms with Gasteiger partial charge in [-0.2, -0.15) is 0 Å². The normalized spacial score (nSPS) is 16.0. The molecule has 1 aliphatic heterocycles. The SMILES string of the molecule is CC(=O)CC(=O)C1CC1.CCOC(=O)c1c(-c2c(C)cccc2C)noc1C1CC1.Cc1cccc(C)c1-c1noc(C2CC2)c1CBr.Cc1cccc(C)c1-c1noc(C2CC2)c1CO.Cc1cccc(C)c1/C(Cl)=N/O.Cc1cccc(C)c1/C=N/O.Cc1cccc(C)c1C=O.O=C(OCc1ccccc1)N1C[C@@H]2C[C@H]1C[C@H]2O.[CH3-]. The van der Waals surface area contributed by atoms with Crippen molar-refractivity contribution in [2.24, 2.45) is 22.1 Å². The first-order valence-corrected chi connectivity index (χ1v) is 41.6. The van der Waals surface area contributed by atoms with E-state index in [0.29, 0.717) is 61.0 Å². The maximum Gasteiger partial charge on any atom is 0.410 e. The van der Waals surface area contributed by atoms with Crippen molar-refractivity contribution in [2.45, 2.75) is 216 Å². The third-order valence-corrected chi connectivity index (χ3v) is 22.5. The zero-order chi connectivity index (χ0) is 84.7. The molecule has 6 fully saturated rings. The van der Waals surface area contributed by atoms with Crippen molar-refractivity contribution < 1.29 is 67.6 Å². The molecule has 0 unspecified atom stereocenters. The average Bonchev–Trinajstić information content (AvgIpc) is 1.63. The smallest absolute Gasteiger partial charge is 0.410 e. The lowest BCUT2D eigenvalue weighted by Crippen LogP contribution is -2.41. The molecule has 0 spiro atoms. The molecule has 1 saturated heterocycles. The zero-order valence-corrected chi connectivity index (χ0v) is 72.9. The molecule has 5 aliphatic carbocycles. The number of nitrogens with zero attached hydrogens (tertiary/aromatic N) is 6. The van der Waals surface area contributed by atoms with Crippen LogP contribution in [-0.2, 0) is 37.6 Å². The summed E-state index contributed by atoms with van der Waals surface area (Å²) in [6, 6.07) is 46.0. The Balaban J connectivity index is 0.000000171. The Labute approximate surface area is 707 Å². The van der Waals surface area contributed by atoms with Crippen LogP contribution in [0.15, 0.2) is 163 Å². The van der Waals surface area contributed by atoms with Crippen LogP contribution in [-0.4, -0.2) is 108 Å². The van der Waals surface area contributed by atoms with Gasteiger partial charge in [-0.25, -0.2) is 9.59 Å². The Morgan fingerprint density at radius 2 is 0.958 bits per heavy atom. The van der Waals surface area contributed by atoms with Crippen molar-refractivity contribution in [1.29, 1.82) is 0 Å². The van der Waals surface area contributed by atoms with Gasteiger partial charge in [0.05, 0.1) is 32.0 Å². The van der Waals surface area contributed by atoms with Crippen molar-refractivity contribution in [3.05, 3.63) is 270 Å². The van der Waals surface area contributed by atoms with Gasteiger partial charge in [-0.05, 0) is 233 Å². The number of oxime groups is 2. The third kappa shape index (κ3) is 24.8. The van der Waals surface area contributed by atoms with Crippen LogP contribution in [0, 0.1) is 102 Å². The van der Waals surface area contributed by atoms with Gasteiger partial charge in [0.2, 0.25) is 0 Å². The number of rotatable bonds is 18. The van der Waals surface area contributed by atoms with Crippen LogP contribution < -0.4 is 0 Å². The second kappa shape index (κ2) is 44.4. The molecule has 4 heterocycles. The Hall–Kier alpha value is -10.5. The van der Waals surface area contributed by atoms with Gasteiger partial charge in [0.25, 0.3) is 0 Å². The summed E-state index contributed by atoms with van der Waals surface area (Å²) in [5, 5.41) is 55.7. The van der Waals surface area contributed by atoms with Crippen molar-refractivity contribution >= 4 is 68.8 Å². The number of piperidine rings is 1. The van der Waals surface area contributed by atoms with E-state index in [1.54, 1.807) is 11.8 Å². The second-order valence-electron chi connectivity index (χ2n) is 31.0. The highest BCUT2D eigenvalue weighted by atomic mass is 79.9. The number of alkyl halides is 1. The average molecular weight is 1690 g/mol. The lowest BCUT2D eigenvalue weighted by atomic mass is 9.96. The predicted molar refractivity (Wildman–Crippen MR) is 467 cm³/mol. The van der Waals surface area contributed by atoms with Crippen LogP contribution in [0.25, 0.3) is 33.8 Å². The first kappa shape index (κ1) is 93.1. The first-order chi connectivity index (χ1) is 56.2. The van der Waals surface area contributed by atoms with Gasteiger partial charge in [0.15, 0.2) is 17.2 Å². The lowest BCUT2D eigenvalue weighted by Gasteiger charge is -2.28. The number of amides is 1. The van der Waals surface area contributed by atoms with E-state index in [1.807, 2.05) is 165 Å². The summed E-state index contributed by atoms with van der Waals surface area (Å²) in [7, 11) is 0. The monoisotopic (exact) mass is 1690 g/mol. The van der Waals surface area contributed by atoms with Crippen LogP contribution in [0.3, 0.4) is 0 Å². The molecule has 626 valence electrons. The van der Waals surface area contributed by atoms with E-state index >= 15 is 0 Å². The number of carbonyl (C=O) groups excluding carboxylic acids is 5. The highest BCUT2D eigenvalue weighted by molar-refractivity contribution is 9.08. The fourth-order valence-corrected chi connectivity index (χ4v) is 15.6. The number of hydrogen-bond acceptors (Lipinski definition) is 19. The second-order valence-corrected chi connectivity index (χ2v) is 32.0. The number of ether oxygens (including phenoxy) is 2. The first-order valence-electron chi connectivity index (χ1n) is 40.1. The predicted octanol–water partition coefficient (Wildman–Crippen LogP) is 22.2. The number of aliphatic hydroxyl groups excluding tert-OH is 2. The number of Topliss-reactive ketones (excluding diaryl/α,β-unsaturated/α-hetero) is 2. The zero-order valence-electron chi connectivity index (χ0n) is 70.6. The fraction of sp³-hybridized carbons (Fsp3) is 0.385. The molecule has 5 saturated carbocycles. The Kier molecular flexibility index (Phi) is 35.0. The number of aryl methyl sites for hydroxylation is 12. The molecule has 3 aromatic heterocycles. The molecule has 20 nitrogen and oxygen atoms in total. The number of aldehydes is 1. The van der Waals surface area contributed by atoms with Crippen LogP contribution in [0.2, 0.25) is 0 Å². The van der Waals surface area contributed by atoms with Crippen molar-refractivity contribution in [3.8, 4) is 33.8 Å². The number of benzene rings is 7. The molecule has 2 bridgehead atoms. The molecule has 4 N–H and O–H groups in total. The quantitative estimate of drug-likeness (QED) is 0.00907. The molecule has 118 heavy (non-hydrogen) atoms. The molecular weight excluding hydrogens is 1580 g/mol. The van der Waals surface area contributed by atoms with Gasteiger partial charge < -0.3 is 56.0 Å². The number of esters is 1. The Morgan fingerprint density at radius 3 is 1.34 bits per heavy atom. The summed E-state index contributed by atoms with van der Waals surface area (Å²) in [4.78, 5) is 57.7. The molecule has 0 radical (unpaired) electrons. The number of carbonyl (C=O) groups is 5. The van der Waals surface area contributed by atoms with Gasteiger partial charge in [-0.15, -0.1) is 0 Å². The molecule has 6 aliphatic rings. The topological polar surface area (TPSA) is 291 Å². The standard InChI is InChI=1S/C17H19NO3.C15H16BrNO.C15H17NO2.C14H17NO3.C9H10ClNO.C9H11NO.C9H10O.C7H10O2.CH3/c1-4-20-17(19)14-15(18-21-16(14)12-8-9-12)13-10(2)6-5-7-11(13)3;1-9-4-3-5-10(2)13(9)14-12(8-16)15(18-17-14)11-6-7-11;1-9-4-3-5-10(2)13(9)14-12(8-17)15(18-16-14)11-6-7-11;16-13-7-12-6-11(13)8-15(12)14(17)18-9-10-4-2-1-3-5-10;1-6-4-3-5-7(2)8(6)9(10)11-12;1-7-4-3-5-8(2)9(7)6-10-11;1-7-4-3-5-8(2)9(7)6-10;1-5(8)4-7(9)6-2-3-6;/h5-7,12H,4,8-9H2,1-3H3;3-5,11H,6-8H2,1-2H3;3-5,11,17H,6-8H2,1-2H3;1-5,11-13,16H,6-9H2;3-5,12H,1-2H3;3-6,11H,1-2H3;3-6H,1-2H3;6H,2-4H2,1H3;1H3/q;;;;;;;;-1/b;;;;11-9-;10-6+;;;/t;;;11-,12-,13+;;;;;/m...0...../s1. The maximum atomic E-state index is 12.4. The molecule has 10 aromatic rings. The number of aliphatic hydroxyl groups is 2. The number of fused-ring (bicyclic) bond motifs is 2. The van der Waals surface area contributed by atoms with E-state index in [2.05, 4.69) is 99.7 Å². The number of halogens is 2. The Morgan fingerprint density at radius 1 is 0.542 bits per heavy atom. The number of likely N-dealkylation sites (tertiary alicyclic amines) is 1. The van der Waals surface area contributed by atoms with Gasteiger partial charge in [0, 0.05) is 92.0 Å². The summed E-state index contributed by atoms with van der Waals surface area (Å²) in [6.45, 7) is 28.7. The van der Waals surface area contributed by atoms with Crippen LogP contribution in [0.1, 0.15) is 235 Å². The number of ketones is 2. The Bertz CT molecular complexity index is 4900. The van der Waals surface area contributed by atoms with Crippen LogP contribution in [0.4, 0.5) is 4.79 Å². The van der Waals surface area contributed by atoms with Crippen molar-refractivity contribution in [1.82, 2.24) is 20.4 Å². The molecule has 22 heteroatoms. The van der Waals surface area contributed by atoms with Gasteiger partial charge >= 0.3 is 12.1 Å². The minimum atomic E-state index is -0.335. The lowest BCUT2D eigenvalue weighted by molar-refractivity contribution is -0.126. The minimum absolute atomic E-state index is 0. The van der Waals surface area contributed by atoms with E-state index in [0.717, 1.165) is 163 Å². The maximum absolute atomic E-state index is 12.4. The molecule has 3 atom stereocenters. The van der Waals surface area contributed by atoms with Gasteiger partial charge in [-0.3, -0.25) is 14.4 Å². The van der Waals surface area contributed by atoms with Gasteiger partial charge in [-0.1, -0.05) is 193 Å². The molecular formula is C96H113BrClN6O14-. The van der Waals surface area contributed by atoms with E-state index in [9.17, 15) is 34.2 Å². The van der Waals surface area contributed by atoms with E-state index in [-0.39, 0.29) is 73.2 Å². The highest BCUT2D eigenvalue weighted by Gasteiger charge is 2.47. The third-order valence-electron chi connectivity index (χ3n) is 21.7.